The van der Waals surface area contributed by atoms with Crippen molar-refractivity contribution >= 4 is 17.8 Å². The molecule has 7 nitrogen and oxygen atoms in total. The van der Waals surface area contributed by atoms with Gasteiger partial charge < -0.3 is 9.47 Å². The average molecular weight is 374 g/mol. The van der Waals surface area contributed by atoms with E-state index in [9.17, 15) is 18.8 Å². The predicted molar refractivity (Wildman–Crippen MR) is 94.3 cm³/mol. The average Bonchev–Trinajstić information content (AvgIpc) is 2.66. The first-order valence-corrected chi connectivity index (χ1v) is 8.08. The van der Waals surface area contributed by atoms with Gasteiger partial charge in [0.2, 0.25) is 0 Å². The quantitative estimate of drug-likeness (QED) is 0.594. The first-order valence-electron chi connectivity index (χ1n) is 8.08. The van der Waals surface area contributed by atoms with Crippen LogP contribution in [0.5, 0.6) is 5.75 Å². The number of ether oxygens (including phenoxy) is 2. The number of benzene rings is 2. The van der Waals surface area contributed by atoms with E-state index < -0.39 is 29.7 Å². The second kappa shape index (κ2) is 9.33. The minimum absolute atomic E-state index is 0.0639. The van der Waals surface area contributed by atoms with Crippen LogP contribution >= 0.6 is 0 Å². The molecule has 0 bridgehead atoms. The van der Waals surface area contributed by atoms with Crippen LogP contribution in [0.1, 0.15) is 22.8 Å². The Kier molecular flexibility index (Phi) is 6.87. The number of rotatable bonds is 6. The van der Waals surface area contributed by atoms with Crippen LogP contribution in [0.3, 0.4) is 0 Å². The van der Waals surface area contributed by atoms with Crippen LogP contribution in [0.2, 0.25) is 0 Å². The summed E-state index contributed by atoms with van der Waals surface area (Å²) in [6.45, 7) is 1.36. The van der Waals surface area contributed by atoms with Gasteiger partial charge in [0, 0.05) is 5.56 Å². The molecule has 0 spiro atoms. The third kappa shape index (κ3) is 5.81. The van der Waals surface area contributed by atoms with E-state index >= 15 is 0 Å². The Bertz CT molecular complexity index is 826. The normalized spacial score (nSPS) is 11.2. The number of hydrogen-bond acceptors (Lipinski definition) is 5. The van der Waals surface area contributed by atoms with Gasteiger partial charge in [0.15, 0.2) is 17.7 Å². The lowest BCUT2D eigenvalue weighted by atomic mass is 10.1. The highest BCUT2D eigenvalue weighted by Crippen LogP contribution is 2.18. The highest BCUT2D eigenvalue weighted by atomic mass is 19.1. The summed E-state index contributed by atoms with van der Waals surface area (Å²) in [5, 5.41) is 0. The predicted octanol–water partition coefficient (Wildman–Crippen LogP) is 1.77. The van der Waals surface area contributed by atoms with Gasteiger partial charge in [0.05, 0.1) is 13.5 Å². The topological polar surface area (TPSA) is 93.7 Å². The summed E-state index contributed by atoms with van der Waals surface area (Å²) in [5.74, 6) is -2.45. The summed E-state index contributed by atoms with van der Waals surface area (Å²) in [5.41, 5.74) is 5.15. The number of carbonyl (C=O) groups excluding carboxylic acids is 3. The zero-order chi connectivity index (χ0) is 19.8. The van der Waals surface area contributed by atoms with Crippen molar-refractivity contribution < 1.29 is 28.2 Å². The van der Waals surface area contributed by atoms with Crippen LogP contribution in [0.4, 0.5) is 4.39 Å². The molecular weight excluding hydrogens is 355 g/mol. The molecular formula is C19H19FN2O5. The zero-order valence-corrected chi connectivity index (χ0v) is 14.8. The molecule has 0 aromatic heterocycles. The molecule has 2 aromatic carbocycles. The molecule has 27 heavy (non-hydrogen) atoms. The first kappa shape index (κ1) is 19.9. The van der Waals surface area contributed by atoms with E-state index in [2.05, 4.69) is 10.9 Å². The third-order valence-electron chi connectivity index (χ3n) is 3.58. The maximum atomic E-state index is 13.6. The molecule has 2 N–H and O–H groups in total. The molecule has 0 unspecified atom stereocenters. The molecule has 2 amide bonds. The summed E-state index contributed by atoms with van der Waals surface area (Å²) in [4.78, 5) is 35.7. The number of hydrazine groups is 1. The first-order chi connectivity index (χ1) is 12.9. The number of methoxy groups -OCH3 is 1. The van der Waals surface area contributed by atoms with E-state index in [1.807, 2.05) is 0 Å². The van der Waals surface area contributed by atoms with Crippen molar-refractivity contribution in [1.82, 2.24) is 10.9 Å². The molecule has 2 rings (SSSR count). The van der Waals surface area contributed by atoms with E-state index in [0.717, 1.165) is 6.07 Å². The molecule has 2 aromatic rings. The Labute approximate surface area is 155 Å². The number of nitrogens with one attached hydrogen (secondary N) is 2. The second-order valence-corrected chi connectivity index (χ2v) is 5.59. The largest absolute Gasteiger partial charge is 0.494 e. The minimum Gasteiger partial charge on any atom is -0.494 e. The van der Waals surface area contributed by atoms with Gasteiger partial charge in [-0.3, -0.25) is 25.2 Å². The molecule has 0 aliphatic rings. The maximum absolute atomic E-state index is 13.6. The Balaban J connectivity index is 1.82. The van der Waals surface area contributed by atoms with Crippen molar-refractivity contribution in [2.45, 2.75) is 19.4 Å². The monoisotopic (exact) mass is 374 g/mol. The second-order valence-electron chi connectivity index (χ2n) is 5.59. The molecule has 0 fully saturated rings. The molecule has 0 saturated carbocycles. The Morgan fingerprint density at radius 3 is 2.41 bits per heavy atom. The van der Waals surface area contributed by atoms with E-state index in [-0.39, 0.29) is 12.2 Å². The molecule has 0 radical (unpaired) electrons. The summed E-state index contributed by atoms with van der Waals surface area (Å²) in [6, 6.07) is 12.4. The number of carbonyl (C=O) groups is 3. The smallest absolute Gasteiger partial charge is 0.311 e. The highest BCUT2D eigenvalue weighted by molar-refractivity contribution is 5.95. The van der Waals surface area contributed by atoms with Crippen LogP contribution in [0, 0.1) is 5.82 Å². The highest BCUT2D eigenvalue weighted by Gasteiger charge is 2.19. The minimum atomic E-state index is -1.14. The fourth-order valence-electron chi connectivity index (χ4n) is 2.16. The molecule has 0 aliphatic carbocycles. The SMILES string of the molecule is COc1ccc(CC(=O)O[C@H](C)C(=O)NNC(=O)c2ccccc2)cc1F. The molecule has 8 heteroatoms. The van der Waals surface area contributed by atoms with Crippen LogP contribution in [-0.4, -0.2) is 31.0 Å². The lowest BCUT2D eigenvalue weighted by Gasteiger charge is -2.14. The lowest BCUT2D eigenvalue weighted by Crippen LogP contribution is -2.46. The van der Waals surface area contributed by atoms with Gasteiger partial charge in [0.1, 0.15) is 0 Å². The van der Waals surface area contributed by atoms with Crippen molar-refractivity contribution in [3.8, 4) is 5.75 Å². The molecule has 1 atom stereocenters. The number of amides is 2. The molecule has 0 heterocycles. The van der Waals surface area contributed by atoms with Gasteiger partial charge in [-0.1, -0.05) is 24.3 Å². The molecule has 0 saturated heterocycles. The van der Waals surface area contributed by atoms with Crippen molar-refractivity contribution in [2.24, 2.45) is 0 Å². The van der Waals surface area contributed by atoms with Gasteiger partial charge in [-0.2, -0.15) is 0 Å². The zero-order valence-electron chi connectivity index (χ0n) is 14.8. The number of hydrogen-bond donors (Lipinski definition) is 2. The van der Waals surface area contributed by atoms with E-state index in [1.54, 1.807) is 30.3 Å². The van der Waals surface area contributed by atoms with E-state index in [0.29, 0.717) is 11.1 Å². The Morgan fingerprint density at radius 1 is 1.07 bits per heavy atom. The van der Waals surface area contributed by atoms with Gasteiger partial charge in [-0.15, -0.1) is 0 Å². The van der Waals surface area contributed by atoms with Crippen LogP contribution < -0.4 is 15.6 Å². The molecule has 142 valence electrons. The van der Waals surface area contributed by atoms with Crippen molar-refractivity contribution in [3.05, 3.63) is 65.5 Å². The van der Waals surface area contributed by atoms with Crippen LogP contribution in [-0.2, 0) is 20.7 Å². The fourth-order valence-corrected chi connectivity index (χ4v) is 2.16. The Hall–Kier alpha value is -3.42. The van der Waals surface area contributed by atoms with Crippen molar-refractivity contribution in [1.29, 1.82) is 0 Å². The maximum Gasteiger partial charge on any atom is 0.311 e. The summed E-state index contributed by atoms with van der Waals surface area (Å²) in [6.07, 6.45) is -1.36. The number of halogens is 1. The van der Waals surface area contributed by atoms with Gasteiger partial charge in [-0.05, 0) is 36.8 Å². The van der Waals surface area contributed by atoms with E-state index in [1.165, 1.54) is 26.2 Å². The standard InChI is InChI=1S/C19H19FN2O5/c1-12(18(24)21-22-19(25)14-6-4-3-5-7-14)27-17(23)11-13-8-9-16(26-2)15(20)10-13/h3-10,12H,11H2,1-2H3,(H,21,24)(H,22,25)/t12-/m1/s1. The fraction of sp³-hybridized carbons (Fsp3) is 0.211. The van der Waals surface area contributed by atoms with Crippen molar-refractivity contribution in [2.75, 3.05) is 7.11 Å². The summed E-state index contributed by atoms with van der Waals surface area (Å²) >= 11 is 0. The van der Waals surface area contributed by atoms with Crippen molar-refractivity contribution in [3.63, 3.8) is 0 Å². The number of esters is 1. The van der Waals surface area contributed by atoms with Gasteiger partial charge in [-0.25, -0.2) is 4.39 Å². The third-order valence-corrected chi connectivity index (χ3v) is 3.58. The van der Waals surface area contributed by atoms with Crippen LogP contribution in [0.25, 0.3) is 0 Å². The summed E-state index contributed by atoms with van der Waals surface area (Å²) < 4.78 is 23.4. The van der Waals surface area contributed by atoms with Gasteiger partial charge >= 0.3 is 5.97 Å². The van der Waals surface area contributed by atoms with E-state index in [4.69, 9.17) is 9.47 Å². The molecule has 0 aliphatic heterocycles. The summed E-state index contributed by atoms with van der Waals surface area (Å²) in [7, 11) is 1.34. The van der Waals surface area contributed by atoms with Gasteiger partial charge in [0.25, 0.3) is 11.8 Å². The lowest BCUT2D eigenvalue weighted by molar-refractivity contribution is -0.154. The van der Waals surface area contributed by atoms with Crippen LogP contribution in [0.15, 0.2) is 48.5 Å². The Morgan fingerprint density at radius 2 is 1.78 bits per heavy atom.